The summed E-state index contributed by atoms with van der Waals surface area (Å²) in [4.78, 5) is 0. The van der Waals surface area contributed by atoms with Crippen LogP contribution in [0.2, 0.25) is 0 Å². The Morgan fingerprint density at radius 1 is 0.828 bits per heavy atom. The lowest BCUT2D eigenvalue weighted by atomic mass is 10.1. The molecule has 0 aromatic rings. The van der Waals surface area contributed by atoms with Gasteiger partial charge in [0.15, 0.2) is 0 Å². The molecule has 1 aliphatic heterocycles. The molecule has 1 heterocycles. The van der Waals surface area contributed by atoms with Crippen molar-refractivity contribution in [1.29, 1.82) is 0 Å². The molecule has 14 heteroatoms. The third-order valence-corrected chi connectivity index (χ3v) is 3.89. The van der Waals surface area contributed by atoms with Crippen LogP contribution in [-0.4, -0.2) is 111 Å². The minimum absolute atomic E-state index is 0.0531. The molecule has 1 fully saturated rings. The molecule has 0 bridgehead atoms. The van der Waals surface area contributed by atoms with Crippen LogP contribution in [0.5, 0.6) is 0 Å². The number of alkyl halides is 6. The number of aliphatic hydroxyl groups is 3. The monoisotopic (exact) mass is 445 g/mol. The fraction of sp³-hybridized carbons (Fsp3) is 1.00. The summed E-state index contributed by atoms with van der Waals surface area (Å²) in [6.07, 6.45) is -18.8. The van der Waals surface area contributed by atoms with Crippen LogP contribution in [0, 0.1) is 0 Å². The molecule has 4 atom stereocenters. The van der Waals surface area contributed by atoms with Crippen LogP contribution in [0.4, 0.5) is 26.3 Å². The van der Waals surface area contributed by atoms with Crippen molar-refractivity contribution in [3.8, 4) is 0 Å². The molecule has 1 rings (SSSR count). The highest BCUT2D eigenvalue weighted by Crippen LogP contribution is 2.35. The molecule has 0 aromatic heterocycles. The summed E-state index contributed by atoms with van der Waals surface area (Å²) >= 11 is 0. The first kappa shape index (κ1) is 26.3. The second-order valence-electron chi connectivity index (χ2n) is 6.14. The Bertz CT molecular complexity index is 440. The second-order valence-corrected chi connectivity index (χ2v) is 6.14. The number of hydrogen-bond donors (Lipinski definition) is 4. The molecule has 1 aliphatic rings. The van der Waals surface area contributed by atoms with E-state index in [-0.39, 0.29) is 26.4 Å². The molecule has 1 saturated heterocycles. The van der Waals surface area contributed by atoms with Gasteiger partial charge in [0.2, 0.25) is 6.10 Å². The van der Waals surface area contributed by atoms with Crippen LogP contribution in [0.1, 0.15) is 0 Å². The average Bonchev–Trinajstić information content (AvgIpc) is 2.88. The van der Waals surface area contributed by atoms with Crippen LogP contribution >= 0.6 is 0 Å². The summed E-state index contributed by atoms with van der Waals surface area (Å²) in [7, 11) is 0. The Hall–Kier alpha value is -0.740. The van der Waals surface area contributed by atoms with Gasteiger partial charge in [0, 0.05) is 13.1 Å². The zero-order valence-electron chi connectivity index (χ0n) is 15.3. The van der Waals surface area contributed by atoms with Crippen molar-refractivity contribution in [3.05, 3.63) is 0 Å². The first-order valence-electron chi connectivity index (χ1n) is 8.72. The van der Waals surface area contributed by atoms with Crippen LogP contribution in [-0.2, 0) is 18.9 Å². The van der Waals surface area contributed by atoms with E-state index in [1.807, 2.05) is 0 Å². The summed E-state index contributed by atoms with van der Waals surface area (Å²) in [5, 5.41) is 31.2. The van der Waals surface area contributed by atoms with Crippen molar-refractivity contribution in [1.82, 2.24) is 5.32 Å². The van der Waals surface area contributed by atoms with Crippen molar-refractivity contribution in [2.45, 2.75) is 42.9 Å². The molecule has 0 aromatic carbocycles. The van der Waals surface area contributed by atoms with E-state index >= 15 is 0 Å². The van der Waals surface area contributed by atoms with E-state index < -0.39 is 62.7 Å². The summed E-state index contributed by atoms with van der Waals surface area (Å²) < 4.78 is 92.3. The van der Waals surface area contributed by atoms with Gasteiger partial charge < -0.3 is 39.6 Å². The van der Waals surface area contributed by atoms with Gasteiger partial charge in [0.05, 0.1) is 45.7 Å². The Morgan fingerprint density at radius 3 is 1.86 bits per heavy atom. The lowest BCUT2D eigenvalue weighted by Gasteiger charge is -2.22. The van der Waals surface area contributed by atoms with Crippen molar-refractivity contribution in [2.75, 3.05) is 52.7 Å². The third-order valence-electron chi connectivity index (χ3n) is 3.89. The van der Waals surface area contributed by atoms with E-state index in [4.69, 9.17) is 19.3 Å². The quantitative estimate of drug-likeness (QED) is 0.224. The Morgan fingerprint density at radius 2 is 1.34 bits per heavy atom. The molecule has 0 amide bonds. The normalized spacial score (nSPS) is 25.9. The maximum atomic E-state index is 12.2. The molecule has 0 aliphatic carbocycles. The molecular formula is C15H25F6NO7. The topological polar surface area (TPSA) is 110 Å². The molecule has 174 valence electrons. The van der Waals surface area contributed by atoms with Crippen LogP contribution in [0.25, 0.3) is 0 Å². The standard InChI is InChI=1S/C15H25F6NO7/c16-14(17,18)13(15(19,20)21)28-6-5-27-4-3-26-2-1-22-7-9-11(24)12(25)10(8-23)29-9/h9-13,22-25H,1-8H2/t9-,10-,11-,12-/m1/s1. The van der Waals surface area contributed by atoms with Gasteiger partial charge in [-0.05, 0) is 0 Å². The molecule has 4 N–H and O–H groups in total. The van der Waals surface area contributed by atoms with Gasteiger partial charge in [-0.1, -0.05) is 0 Å². The van der Waals surface area contributed by atoms with Crippen molar-refractivity contribution in [2.24, 2.45) is 0 Å². The van der Waals surface area contributed by atoms with E-state index in [9.17, 15) is 36.6 Å². The lowest BCUT2D eigenvalue weighted by Crippen LogP contribution is -2.44. The summed E-state index contributed by atoms with van der Waals surface area (Å²) in [6.45, 7) is -1.02. The van der Waals surface area contributed by atoms with Crippen molar-refractivity contribution < 1.29 is 60.6 Å². The fourth-order valence-electron chi connectivity index (χ4n) is 2.46. The van der Waals surface area contributed by atoms with Crippen molar-refractivity contribution >= 4 is 0 Å². The molecule has 0 unspecified atom stereocenters. The SMILES string of the molecule is OC[C@H]1O[C@H](CNCCOCCOCCOC(C(F)(F)F)C(F)(F)F)[C@@H](O)[C@@H]1O. The maximum absolute atomic E-state index is 12.2. The van der Waals surface area contributed by atoms with Gasteiger partial charge in [-0.25, -0.2) is 0 Å². The Kier molecular flexibility index (Phi) is 11.1. The van der Waals surface area contributed by atoms with Crippen LogP contribution < -0.4 is 5.32 Å². The molecule has 0 saturated carbocycles. The fourth-order valence-corrected chi connectivity index (χ4v) is 2.46. The Labute approximate surface area is 162 Å². The van der Waals surface area contributed by atoms with E-state index in [0.717, 1.165) is 0 Å². The lowest BCUT2D eigenvalue weighted by molar-refractivity contribution is -0.323. The zero-order valence-corrected chi connectivity index (χ0v) is 15.3. The number of hydrogen-bond acceptors (Lipinski definition) is 8. The highest BCUT2D eigenvalue weighted by atomic mass is 19.4. The number of rotatable bonds is 13. The summed E-state index contributed by atoms with van der Waals surface area (Å²) in [5.41, 5.74) is 0. The maximum Gasteiger partial charge on any atom is 0.423 e. The van der Waals surface area contributed by atoms with Gasteiger partial charge in [0.1, 0.15) is 18.3 Å². The van der Waals surface area contributed by atoms with E-state index in [0.29, 0.717) is 6.54 Å². The van der Waals surface area contributed by atoms with E-state index in [1.54, 1.807) is 0 Å². The summed E-state index contributed by atoms with van der Waals surface area (Å²) in [5.74, 6) is 0. The molecular weight excluding hydrogens is 420 g/mol. The predicted molar refractivity (Wildman–Crippen MR) is 84.1 cm³/mol. The number of aliphatic hydroxyl groups excluding tert-OH is 3. The smallest absolute Gasteiger partial charge is 0.394 e. The average molecular weight is 445 g/mol. The second kappa shape index (κ2) is 12.2. The van der Waals surface area contributed by atoms with Gasteiger partial charge in [-0.15, -0.1) is 0 Å². The zero-order chi connectivity index (χ0) is 22.1. The highest BCUT2D eigenvalue weighted by Gasteiger charge is 2.57. The molecule has 0 radical (unpaired) electrons. The molecule has 8 nitrogen and oxygen atoms in total. The van der Waals surface area contributed by atoms with Gasteiger partial charge >= 0.3 is 12.4 Å². The number of ether oxygens (including phenoxy) is 4. The molecule has 0 spiro atoms. The van der Waals surface area contributed by atoms with Crippen LogP contribution in [0.15, 0.2) is 0 Å². The Balaban J connectivity index is 2.00. The van der Waals surface area contributed by atoms with Gasteiger partial charge in [0.25, 0.3) is 0 Å². The first-order chi connectivity index (χ1) is 13.5. The summed E-state index contributed by atoms with van der Waals surface area (Å²) in [6, 6.07) is 0. The minimum Gasteiger partial charge on any atom is -0.394 e. The van der Waals surface area contributed by atoms with Crippen LogP contribution in [0.3, 0.4) is 0 Å². The minimum atomic E-state index is -5.55. The van der Waals surface area contributed by atoms with Gasteiger partial charge in [-0.2, -0.15) is 26.3 Å². The van der Waals surface area contributed by atoms with E-state index in [1.165, 1.54) is 0 Å². The van der Waals surface area contributed by atoms with Gasteiger partial charge in [-0.3, -0.25) is 0 Å². The number of halogens is 6. The highest BCUT2D eigenvalue weighted by molar-refractivity contribution is 4.91. The first-order valence-corrected chi connectivity index (χ1v) is 8.72. The van der Waals surface area contributed by atoms with Crippen molar-refractivity contribution in [3.63, 3.8) is 0 Å². The molecule has 29 heavy (non-hydrogen) atoms. The number of nitrogens with one attached hydrogen (secondary N) is 1. The largest absolute Gasteiger partial charge is 0.423 e. The van der Waals surface area contributed by atoms with E-state index in [2.05, 4.69) is 10.1 Å². The third kappa shape index (κ3) is 9.29. The predicted octanol–water partition coefficient (Wildman–Crippen LogP) is -0.399.